The topological polar surface area (TPSA) is 48.1 Å². The first-order valence-electron chi connectivity index (χ1n) is 12.2. The van der Waals surface area contributed by atoms with Gasteiger partial charge >= 0.3 is 0 Å². The Bertz CT molecular complexity index is 494. The van der Waals surface area contributed by atoms with Crippen molar-refractivity contribution in [2.75, 3.05) is 6.61 Å². The number of ether oxygens (including phenoxy) is 1. The van der Waals surface area contributed by atoms with E-state index < -0.39 is 16.6 Å². The predicted molar refractivity (Wildman–Crippen MR) is 132 cm³/mol. The first kappa shape index (κ1) is 27.6. The minimum atomic E-state index is -1.71. The molecular formula is C24H48O4Si2. The van der Waals surface area contributed by atoms with Crippen LogP contribution >= 0.6 is 0 Å². The number of allylic oxidation sites excluding steroid dienone is 1. The maximum absolute atomic E-state index is 11.7. The van der Waals surface area contributed by atoms with Crippen molar-refractivity contribution in [1.82, 2.24) is 0 Å². The van der Waals surface area contributed by atoms with Gasteiger partial charge in [0.15, 0.2) is 8.32 Å². The summed E-state index contributed by atoms with van der Waals surface area (Å²) in [7, 11) is -3.04. The number of rotatable bonds is 18. The van der Waals surface area contributed by atoms with Gasteiger partial charge in [-0.1, -0.05) is 44.3 Å². The van der Waals surface area contributed by atoms with Gasteiger partial charge in [-0.2, -0.15) is 0 Å². The lowest BCUT2D eigenvalue weighted by atomic mass is 10.1. The van der Waals surface area contributed by atoms with Crippen molar-refractivity contribution < 1.29 is 18.4 Å². The number of epoxide rings is 1. The van der Waals surface area contributed by atoms with Gasteiger partial charge in [-0.05, 0) is 77.8 Å². The van der Waals surface area contributed by atoms with E-state index in [0.29, 0.717) is 18.6 Å². The van der Waals surface area contributed by atoms with Gasteiger partial charge in [-0.3, -0.25) is 4.79 Å². The van der Waals surface area contributed by atoms with Crippen LogP contribution in [0.25, 0.3) is 0 Å². The van der Waals surface area contributed by atoms with Gasteiger partial charge in [-0.25, -0.2) is 0 Å². The molecule has 0 aromatic rings. The van der Waals surface area contributed by atoms with E-state index in [9.17, 15) is 4.79 Å². The van der Waals surface area contributed by atoms with Crippen LogP contribution in [-0.2, 0) is 18.4 Å². The largest absolute Gasteiger partial charge is 0.520 e. The molecule has 1 fully saturated rings. The predicted octanol–water partition coefficient (Wildman–Crippen LogP) is 7.22. The summed E-state index contributed by atoms with van der Waals surface area (Å²) < 4.78 is 17.1. The molecule has 0 N–H and O–H groups in total. The molecule has 2 atom stereocenters. The molecule has 0 spiro atoms. The second kappa shape index (κ2) is 14.6. The van der Waals surface area contributed by atoms with Crippen LogP contribution in [0, 0.1) is 0 Å². The van der Waals surface area contributed by atoms with Crippen LogP contribution in [0.2, 0.25) is 39.3 Å². The van der Waals surface area contributed by atoms with Crippen molar-refractivity contribution >= 4 is 22.6 Å². The lowest BCUT2D eigenvalue weighted by Gasteiger charge is -2.17. The number of carbonyl (C=O) groups is 1. The Hall–Kier alpha value is -0.436. The molecule has 0 bridgehead atoms. The zero-order valence-corrected chi connectivity index (χ0v) is 22.6. The molecule has 0 aromatic carbocycles. The van der Waals surface area contributed by atoms with Gasteiger partial charge in [0.1, 0.15) is 0 Å². The number of hydrogen-bond acceptors (Lipinski definition) is 4. The highest BCUT2D eigenvalue weighted by molar-refractivity contribution is 6.71. The van der Waals surface area contributed by atoms with E-state index in [2.05, 4.69) is 51.4 Å². The van der Waals surface area contributed by atoms with Crippen LogP contribution in [0.4, 0.5) is 0 Å². The first-order chi connectivity index (χ1) is 14.1. The molecule has 0 amide bonds. The molecule has 0 aliphatic carbocycles. The summed E-state index contributed by atoms with van der Waals surface area (Å²) in [5, 5.41) is 0. The van der Waals surface area contributed by atoms with E-state index in [1.54, 1.807) is 0 Å². The summed E-state index contributed by atoms with van der Waals surface area (Å²) in [5.74, 6) is -0.00695. The summed E-state index contributed by atoms with van der Waals surface area (Å²) in [6.45, 7) is 13.8. The van der Waals surface area contributed by atoms with Crippen molar-refractivity contribution in [3.63, 3.8) is 0 Å². The van der Waals surface area contributed by atoms with Gasteiger partial charge in [0.2, 0.25) is 8.32 Å². The fraction of sp³-hybridized carbons (Fsp3) is 0.875. The molecule has 6 heteroatoms. The molecule has 1 saturated heterocycles. The van der Waals surface area contributed by atoms with Crippen molar-refractivity contribution in [3.8, 4) is 0 Å². The van der Waals surface area contributed by atoms with Crippen LogP contribution in [0.5, 0.6) is 0 Å². The Balaban J connectivity index is 1.85. The molecule has 0 aromatic heterocycles. The number of hydrogen-bond donors (Lipinski definition) is 0. The first-order valence-corrected chi connectivity index (χ1v) is 19.0. The van der Waals surface area contributed by atoms with Crippen LogP contribution in [-0.4, -0.2) is 41.4 Å². The van der Waals surface area contributed by atoms with Crippen LogP contribution in [0.3, 0.4) is 0 Å². The molecule has 1 heterocycles. The molecule has 30 heavy (non-hydrogen) atoms. The Kier molecular flexibility index (Phi) is 13.4. The summed E-state index contributed by atoms with van der Waals surface area (Å²) in [4.78, 5) is 11.7. The quantitative estimate of drug-likeness (QED) is 0.0945. The van der Waals surface area contributed by atoms with Crippen LogP contribution in [0.1, 0.15) is 77.0 Å². The monoisotopic (exact) mass is 456 g/mol. The molecule has 1 aliphatic heterocycles. The molecule has 1 aliphatic rings. The highest BCUT2D eigenvalue weighted by Crippen LogP contribution is 2.30. The molecule has 0 saturated carbocycles. The molecule has 2 unspecified atom stereocenters. The van der Waals surface area contributed by atoms with Crippen molar-refractivity contribution in [1.29, 1.82) is 0 Å². The van der Waals surface area contributed by atoms with Crippen molar-refractivity contribution in [3.05, 3.63) is 12.2 Å². The van der Waals surface area contributed by atoms with Gasteiger partial charge in [0, 0.05) is 13.0 Å². The SMILES string of the molecule is C[Si](C)(C)OCCCCC/C=C\CC1OC1CCCCCCCC(=O)O[Si](C)(C)C. The van der Waals surface area contributed by atoms with E-state index in [1.165, 1.54) is 51.4 Å². The van der Waals surface area contributed by atoms with Crippen molar-refractivity contribution in [2.24, 2.45) is 0 Å². The lowest BCUT2D eigenvalue weighted by molar-refractivity contribution is -0.135. The standard InChI is InChI=1S/C24H48O4Si2/c1-29(2,3)26-21-17-13-8-7-10-14-18-22-23(27-22)19-15-11-9-12-16-20-24(25)28-30(4,5)6/h10,14,22-23H,7-9,11-13,15-21H2,1-6H3/b14-10-. The van der Waals surface area contributed by atoms with Gasteiger partial charge in [0.05, 0.1) is 12.2 Å². The van der Waals surface area contributed by atoms with E-state index in [0.717, 1.165) is 25.9 Å². The van der Waals surface area contributed by atoms with Crippen molar-refractivity contribution in [2.45, 2.75) is 129 Å². The molecule has 1 rings (SSSR count). The number of unbranched alkanes of at least 4 members (excludes halogenated alkanes) is 7. The Morgan fingerprint density at radius 1 is 0.800 bits per heavy atom. The normalized spacial score (nSPS) is 19.4. The van der Waals surface area contributed by atoms with Crippen LogP contribution < -0.4 is 0 Å². The van der Waals surface area contributed by atoms with E-state index in [1.807, 2.05) is 0 Å². The number of carbonyl (C=O) groups excluding carboxylic acids is 1. The molecular weight excluding hydrogens is 408 g/mol. The van der Waals surface area contributed by atoms with Gasteiger partial charge < -0.3 is 13.6 Å². The smallest absolute Gasteiger partial charge is 0.292 e. The van der Waals surface area contributed by atoms with Crippen LogP contribution in [0.15, 0.2) is 12.2 Å². The fourth-order valence-electron chi connectivity index (χ4n) is 3.45. The maximum atomic E-state index is 11.7. The Labute approximate surface area is 188 Å². The van der Waals surface area contributed by atoms with E-state index in [4.69, 9.17) is 13.6 Å². The third-order valence-corrected chi connectivity index (χ3v) is 6.97. The molecule has 0 radical (unpaired) electrons. The fourth-order valence-corrected chi connectivity index (χ4v) is 4.99. The summed E-state index contributed by atoms with van der Waals surface area (Å²) in [5.41, 5.74) is 0. The summed E-state index contributed by atoms with van der Waals surface area (Å²) in [6.07, 6.45) is 19.1. The minimum Gasteiger partial charge on any atom is -0.520 e. The summed E-state index contributed by atoms with van der Waals surface area (Å²) >= 11 is 0. The van der Waals surface area contributed by atoms with E-state index >= 15 is 0 Å². The molecule has 4 nitrogen and oxygen atoms in total. The average Bonchev–Trinajstić information content (AvgIpc) is 3.35. The second-order valence-corrected chi connectivity index (χ2v) is 19.6. The highest BCUT2D eigenvalue weighted by Gasteiger charge is 2.36. The highest BCUT2D eigenvalue weighted by atomic mass is 28.4. The van der Waals surface area contributed by atoms with Gasteiger partial charge in [0.25, 0.3) is 5.97 Å². The lowest BCUT2D eigenvalue weighted by Crippen LogP contribution is -2.28. The third-order valence-electron chi connectivity index (χ3n) is 5.06. The average molecular weight is 457 g/mol. The minimum absolute atomic E-state index is 0.00695. The Morgan fingerprint density at radius 2 is 1.47 bits per heavy atom. The molecule has 176 valence electrons. The second-order valence-electron chi connectivity index (χ2n) is 10.6. The van der Waals surface area contributed by atoms with E-state index in [-0.39, 0.29) is 5.97 Å². The Morgan fingerprint density at radius 3 is 2.17 bits per heavy atom. The van der Waals surface area contributed by atoms with Gasteiger partial charge in [-0.15, -0.1) is 0 Å². The maximum Gasteiger partial charge on any atom is 0.292 e. The zero-order chi connectivity index (χ0) is 22.5. The third kappa shape index (κ3) is 17.3. The zero-order valence-electron chi connectivity index (χ0n) is 20.6. The summed E-state index contributed by atoms with van der Waals surface area (Å²) in [6, 6.07) is 0.